The molecule has 1 saturated heterocycles. The van der Waals surface area contributed by atoms with E-state index in [9.17, 15) is 0 Å². The van der Waals surface area contributed by atoms with Crippen LogP contribution in [-0.4, -0.2) is 37.7 Å². The van der Waals surface area contributed by atoms with Crippen LogP contribution in [0.15, 0.2) is 24.3 Å². The Hall–Kier alpha value is -0.900. The van der Waals surface area contributed by atoms with Crippen molar-refractivity contribution < 1.29 is 4.74 Å². The van der Waals surface area contributed by atoms with E-state index >= 15 is 0 Å². The van der Waals surface area contributed by atoms with Crippen LogP contribution in [0, 0.1) is 12.8 Å². The van der Waals surface area contributed by atoms with Crippen molar-refractivity contribution >= 4 is 0 Å². The highest BCUT2D eigenvalue weighted by Gasteiger charge is 2.30. The summed E-state index contributed by atoms with van der Waals surface area (Å²) in [6.45, 7) is 7.19. The lowest BCUT2D eigenvalue weighted by Gasteiger charge is -2.40. The number of hydrogen-bond donors (Lipinski definition) is 1. The first-order chi connectivity index (χ1) is 9.17. The van der Waals surface area contributed by atoms with Crippen molar-refractivity contribution in [3.05, 3.63) is 35.4 Å². The second-order valence-corrected chi connectivity index (χ2v) is 5.64. The minimum atomic E-state index is 0.311. The standard InChI is InChI=1S/C16H26N2O/c1-12-6-4-5-7-14(12)15(10-17)18-9-8-13(2)16(11-18)19-3/h4-7,13,15-16H,8-11,17H2,1-3H3. The molecule has 3 heteroatoms. The molecule has 106 valence electrons. The first-order valence-electron chi connectivity index (χ1n) is 7.19. The van der Waals surface area contributed by atoms with Gasteiger partial charge in [0.1, 0.15) is 0 Å². The molecule has 1 aliphatic heterocycles. The van der Waals surface area contributed by atoms with Crippen molar-refractivity contribution in [3.63, 3.8) is 0 Å². The summed E-state index contributed by atoms with van der Waals surface area (Å²) in [6, 6.07) is 8.87. The van der Waals surface area contributed by atoms with E-state index in [1.54, 1.807) is 0 Å². The molecule has 0 radical (unpaired) electrons. The molecule has 3 nitrogen and oxygen atoms in total. The molecule has 1 heterocycles. The van der Waals surface area contributed by atoms with Crippen molar-refractivity contribution in [1.82, 2.24) is 4.90 Å². The predicted octanol–water partition coefficient (Wildman–Crippen LogP) is 2.35. The number of nitrogens with two attached hydrogens (primary N) is 1. The molecule has 0 spiro atoms. The average Bonchev–Trinajstić information content (AvgIpc) is 2.43. The van der Waals surface area contributed by atoms with Gasteiger partial charge in [-0.1, -0.05) is 31.2 Å². The Morgan fingerprint density at radius 3 is 2.79 bits per heavy atom. The van der Waals surface area contributed by atoms with Gasteiger partial charge >= 0.3 is 0 Å². The lowest BCUT2D eigenvalue weighted by atomic mass is 9.92. The van der Waals surface area contributed by atoms with E-state index in [1.165, 1.54) is 17.5 Å². The van der Waals surface area contributed by atoms with Crippen LogP contribution in [0.5, 0.6) is 0 Å². The van der Waals surface area contributed by atoms with E-state index in [-0.39, 0.29) is 0 Å². The molecular formula is C16H26N2O. The highest BCUT2D eigenvalue weighted by atomic mass is 16.5. The molecule has 1 aromatic carbocycles. The molecule has 2 rings (SSSR count). The van der Waals surface area contributed by atoms with Crippen LogP contribution in [0.1, 0.15) is 30.5 Å². The zero-order valence-electron chi connectivity index (χ0n) is 12.3. The number of likely N-dealkylation sites (tertiary alicyclic amines) is 1. The minimum Gasteiger partial charge on any atom is -0.380 e. The monoisotopic (exact) mass is 262 g/mol. The van der Waals surface area contributed by atoms with Gasteiger partial charge in [-0.25, -0.2) is 0 Å². The Kier molecular flexibility index (Phi) is 4.97. The van der Waals surface area contributed by atoms with E-state index in [2.05, 4.69) is 43.0 Å². The normalized spacial score (nSPS) is 26.3. The maximum Gasteiger partial charge on any atom is 0.0724 e. The van der Waals surface area contributed by atoms with Gasteiger partial charge in [-0.2, -0.15) is 0 Å². The van der Waals surface area contributed by atoms with Gasteiger partial charge < -0.3 is 10.5 Å². The maximum absolute atomic E-state index is 6.04. The Balaban J connectivity index is 2.16. The fourth-order valence-electron chi connectivity index (χ4n) is 3.08. The summed E-state index contributed by atoms with van der Waals surface area (Å²) in [5.74, 6) is 0.636. The van der Waals surface area contributed by atoms with Gasteiger partial charge in [0.15, 0.2) is 0 Å². The van der Waals surface area contributed by atoms with Crippen molar-refractivity contribution in [2.24, 2.45) is 11.7 Å². The van der Waals surface area contributed by atoms with E-state index < -0.39 is 0 Å². The van der Waals surface area contributed by atoms with Crippen LogP contribution in [0.3, 0.4) is 0 Å². The van der Waals surface area contributed by atoms with Gasteiger partial charge in [0.2, 0.25) is 0 Å². The molecule has 0 bridgehead atoms. The summed E-state index contributed by atoms with van der Waals surface area (Å²) in [5, 5.41) is 0. The number of nitrogens with zero attached hydrogens (tertiary/aromatic N) is 1. The van der Waals surface area contributed by atoms with Gasteiger partial charge in [-0.05, 0) is 36.9 Å². The molecule has 1 aliphatic rings. The molecule has 0 saturated carbocycles. The maximum atomic E-state index is 6.04. The third-order valence-corrected chi connectivity index (χ3v) is 4.44. The van der Waals surface area contributed by atoms with Gasteiger partial charge in [-0.3, -0.25) is 4.90 Å². The Bertz CT molecular complexity index is 407. The van der Waals surface area contributed by atoms with Crippen molar-refractivity contribution in [1.29, 1.82) is 0 Å². The number of hydrogen-bond acceptors (Lipinski definition) is 3. The topological polar surface area (TPSA) is 38.5 Å². The fraction of sp³-hybridized carbons (Fsp3) is 0.625. The number of benzene rings is 1. The Morgan fingerprint density at radius 2 is 2.16 bits per heavy atom. The number of aryl methyl sites for hydroxylation is 1. The molecule has 1 aromatic rings. The minimum absolute atomic E-state index is 0.311. The quantitative estimate of drug-likeness (QED) is 0.905. The van der Waals surface area contributed by atoms with Gasteiger partial charge in [0.05, 0.1) is 6.10 Å². The van der Waals surface area contributed by atoms with Crippen molar-refractivity contribution in [2.45, 2.75) is 32.4 Å². The summed E-state index contributed by atoms with van der Waals surface area (Å²) in [7, 11) is 1.82. The number of ether oxygens (including phenoxy) is 1. The molecular weight excluding hydrogens is 236 g/mol. The zero-order chi connectivity index (χ0) is 13.8. The summed E-state index contributed by atoms with van der Waals surface area (Å²) in [5.41, 5.74) is 8.72. The third-order valence-electron chi connectivity index (χ3n) is 4.44. The van der Waals surface area contributed by atoms with Crippen molar-refractivity contribution in [2.75, 3.05) is 26.7 Å². The number of rotatable bonds is 4. The summed E-state index contributed by atoms with van der Waals surface area (Å²) < 4.78 is 5.61. The third kappa shape index (κ3) is 3.16. The molecule has 0 aliphatic carbocycles. The van der Waals surface area contributed by atoms with Crippen LogP contribution in [0.2, 0.25) is 0 Å². The molecule has 2 N–H and O–H groups in total. The smallest absolute Gasteiger partial charge is 0.0724 e. The van der Waals surface area contributed by atoms with E-state index in [0.717, 1.165) is 13.1 Å². The summed E-state index contributed by atoms with van der Waals surface area (Å²) in [4.78, 5) is 2.48. The number of methoxy groups -OCH3 is 1. The number of piperidine rings is 1. The summed E-state index contributed by atoms with van der Waals surface area (Å²) >= 11 is 0. The SMILES string of the molecule is COC1CN(C(CN)c2ccccc2C)CCC1C. The van der Waals surface area contributed by atoms with Crippen LogP contribution in [0.25, 0.3) is 0 Å². The molecule has 0 aromatic heterocycles. The van der Waals surface area contributed by atoms with E-state index in [0.29, 0.717) is 24.6 Å². The van der Waals surface area contributed by atoms with Crippen molar-refractivity contribution in [3.8, 4) is 0 Å². The zero-order valence-corrected chi connectivity index (χ0v) is 12.3. The second kappa shape index (κ2) is 6.51. The molecule has 0 amide bonds. The molecule has 1 fully saturated rings. The van der Waals surface area contributed by atoms with Crippen LogP contribution >= 0.6 is 0 Å². The first-order valence-corrected chi connectivity index (χ1v) is 7.19. The van der Waals surface area contributed by atoms with Gasteiger partial charge in [0, 0.05) is 26.2 Å². The fourth-order valence-corrected chi connectivity index (χ4v) is 3.08. The van der Waals surface area contributed by atoms with Crippen LogP contribution in [0.4, 0.5) is 0 Å². The lowest BCUT2D eigenvalue weighted by molar-refractivity contribution is -0.0184. The Morgan fingerprint density at radius 1 is 1.42 bits per heavy atom. The van der Waals surface area contributed by atoms with Crippen LogP contribution in [-0.2, 0) is 4.74 Å². The largest absolute Gasteiger partial charge is 0.380 e. The van der Waals surface area contributed by atoms with Crippen LogP contribution < -0.4 is 5.73 Å². The molecule has 3 unspecified atom stereocenters. The summed E-state index contributed by atoms with van der Waals surface area (Å²) in [6.07, 6.45) is 1.51. The van der Waals surface area contributed by atoms with E-state index in [4.69, 9.17) is 10.5 Å². The van der Waals surface area contributed by atoms with Gasteiger partial charge in [-0.15, -0.1) is 0 Å². The second-order valence-electron chi connectivity index (χ2n) is 5.64. The Labute approximate surface area is 116 Å². The highest BCUT2D eigenvalue weighted by molar-refractivity contribution is 5.29. The average molecular weight is 262 g/mol. The van der Waals surface area contributed by atoms with E-state index in [1.807, 2.05) is 7.11 Å². The van der Waals surface area contributed by atoms with Gasteiger partial charge in [0.25, 0.3) is 0 Å². The lowest BCUT2D eigenvalue weighted by Crippen LogP contribution is -2.47. The molecule has 19 heavy (non-hydrogen) atoms. The highest BCUT2D eigenvalue weighted by Crippen LogP contribution is 2.28. The molecule has 3 atom stereocenters. The predicted molar refractivity (Wildman–Crippen MR) is 79.1 cm³/mol. The first kappa shape index (κ1) is 14.5.